The van der Waals surface area contributed by atoms with E-state index in [1.807, 2.05) is 6.92 Å². The Hall–Kier alpha value is -1.58. The maximum atomic E-state index is 11.6. The smallest absolute Gasteiger partial charge is 0.272 e. The fraction of sp³-hybridized carbons (Fsp3) is 0.400. The maximum absolute atomic E-state index is 11.6. The number of aryl methyl sites for hydroxylation is 2. The molecule has 0 unspecified atom stereocenters. The molecular formula is C10H13N3O. The van der Waals surface area contributed by atoms with Crippen molar-refractivity contribution < 1.29 is 0 Å². The van der Waals surface area contributed by atoms with E-state index in [1.165, 1.54) is 4.52 Å². The second-order valence-corrected chi connectivity index (χ2v) is 3.45. The van der Waals surface area contributed by atoms with Gasteiger partial charge in [0.15, 0.2) is 5.65 Å². The third-order valence-corrected chi connectivity index (χ3v) is 2.24. The van der Waals surface area contributed by atoms with Gasteiger partial charge in [-0.3, -0.25) is 9.89 Å². The summed E-state index contributed by atoms with van der Waals surface area (Å²) >= 11 is 0. The first kappa shape index (κ1) is 8.99. The molecule has 4 nitrogen and oxygen atoms in total. The molecule has 1 N–H and O–H groups in total. The summed E-state index contributed by atoms with van der Waals surface area (Å²) in [6.45, 7) is 4.02. The Balaban J connectivity index is 2.69. The topological polar surface area (TPSA) is 50.2 Å². The van der Waals surface area contributed by atoms with Crippen LogP contribution < -0.4 is 5.56 Å². The first-order valence-corrected chi connectivity index (χ1v) is 4.79. The highest BCUT2D eigenvalue weighted by molar-refractivity contribution is 5.45. The van der Waals surface area contributed by atoms with E-state index in [0.717, 1.165) is 29.7 Å². The van der Waals surface area contributed by atoms with Crippen LogP contribution in [0.15, 0.2) is 17.1 Å². The van der Waals surface area contributed by atoms with E-state index in [4.69, 9.17) is 0 Å². The van der Waals surface area contributed by atoms with Crippen molar-refractivity contribution in [3.8, 4) is 0 Å². The predicted molar refractivity (Wildman–Crippen MR) is 54.5 cm³/mol. The van der Waals surface area contributed by atoms with Crippen molar-refractivity contribution in [3.05, 3.63) is 33.9 Å². The van der Waals surface area contributed by atoms with Crippen molar-refractivity contribution in [3.63, 3.8) is 0 Å². The predicted octanol–water partition coefficient (Wildman–Crippen LogP) is 1.28. The van der Waals surface area contributed by atoms with Crippen LogP contribution in [0.3, 0.4) is 0 Å². The number of aromatic nitrogens is 3. The van der Waals surface area contributed by atoms with Gasteiger partial charge in [0.2, 0.25) is 0 Å². The Morgan fingerprint density at radius 2 is 2.36 bits per heavy atom. The van der Waals surface area contributed by atoms with Gasteiger partial charge in [-0.15, -0.1) is 0 Å². The summed E-state index contributed by atoms with van der Waals surface area (Å²) in [7, 11) is 0. The molecule has 0 saturated carbocycles. The minimum absolute atomic E-state index is 0.0356. The molecule has 2 aromatic heterocycles. The molecule has 0 aliphatic heterocycles. The third kappa shape index (κ3) is 1.32. The summed E-state index contributed by atoms with van der Waals surface area (Å²) in [6, 6.07) is 1.59. The molecule has 0 atom stereocenters. The van der Waals surface area contributed by atoms with Gasteiger partial charge in [0, 0.05) is 23.5 Å². The van der Waals surface area contributed by atoms with Crippen LogP contribution in [0.1, 0.15) is 24.6 Å². The quantitative estimate of drug-likeness (QED) is 0.777. The molecule has 0 aliphatic carbocycles. The van der Waals surface area contributed by atoms with Crippen molar-refractivity contribution in [1.29, 1.82) is 0 Å². The molecule has 2 heterocycles. The summed E-state index contributed by atoms with van der Waals surface area (Å²) in [4.78, 5) is 16.0. The fourth-order valence-corrected chi connectivity index (χ4v) is 1.53. The van der Waals surface area contributed by atoms with Gasteiger partial charge in [0.25, 0.3) is 5.56 Å². The minimum atomic E-state index is -0.0356. The normalized spacial score (nSPS) is 11.0. The Kier molecular flexibility index (Phi) is 2.11. The molecule has 74 valence electrons. The van der Waals surface area contributed by atoms with Crippen molar-refractivity contribution in [2.45, 2.75) is 26.7 Å². The van der Waals surface area contributed by atoms with Crippen LogP contribution in [-0.4, -0.2) is 14.6 Å². The molecule has 4 heteroatoms. The molecule has 0 fully saturated rings. The van der Waals surface area contributed by atoms with E-state index in [-0.39, 0.29) is 5.56 Å². The molecule has 0 radical (unpaired) electrons. The largest absolute Gasteiger partial charge is 0.297 e. The molecule has 0 saturated heterocycles. The van der Waals surface area contributed by atoms with Gasteiger partial charge in [-0.2, -0.15) is 0 Å². The van der Waals surface area contributed by atoms with E-state index >= 15 is 0 Å². The molecule has 0 amide bonds. The Morgan fingerprint density at radius 1 is 1.57 bits per heavy atom. The molecule has 0 aliphatic rings. The lowest BCUT2D eigenvalue weighted by atomic mass is 10.2. The minimum Gasteiger partial charge on any atom is -0.297 e. The fourth-order valence-electron chi connectivity index (χ4n) is 1.53. The van der Waals surface area contributed by atoms with Gasteiger partial charge in [0.05, 0.1) is 0 Å². The molecule has 14 heavy (non-hydrogen) atoms. The highest BCUT2D eigenvalue weighted by atomic mass is 16.1. The van der Waals surface area contributed by atoms with Crippen LogP contribution in [0, 0.1) is 6.92 Å². The van der Waals surface area contributed by atoms with Gasteiger partial charge in [-0.05, 0) is 13.3 Å². The van der Waals surface area contributed by atoms with E-state index in [9.17, 15) is 4.79 Å². The Morgan fingerprint density at radius 3 is 3.07 bits per heavy atom. The van der Waals surface area contributed by atoms with Crippen molar-refractivity contribution in [2.24, 2.45) is 0 Å². The number of nitrogens with one attached hydrogen (secondary N) is 1. The summed E-state index contributed by atoms with van der Waals surface area (Å²) in [5, 5.41) is 2.87. The summed E-state index contributed by atoms with van der Waals surface area (Å²) in [6.07, 6.45) is 3.65. The van der Waals surface area contributed by atoms with E-state index in [2.05, 4.69) is 17.0 Å². The number of hydrogen-bond acceptors (Lipinski definition) is 2. The summed E-state index contributed by atoms with van der Waals surface area (Å²) in [5.41, 5.74) is 2.58. The van der Waals surface area contributed by atoms with Crippen molar-refractivity contribution >= 4 is 5.65 Å². The zero-order valence-corrected chi connectivity index (χ0v) is 8.37. The number of nitrogens with zero attached hydrogens (tertiary/aromatic N) is 2. The van der Waals surface area contributed by atoms with Crippen LogP contribution >= 0.6 is 0 Å². The first-order chi connectivity index (χ1) is 6.72. The molecule has 2 rings (SSSR count). The van der Waals surface area contributed by atoms with E-state index in [1.54, 1.807) is 12.3 Å². The van der Waals surface area contributed by atoms with Crippen molar-refractivity contribution in [2.75, 3.05) is 0 Å². The number of rotatable bonds is 2. The zero-order valence-electron chi connectivity index (χ0n) is 8.37. The van der Waals surface area contributed by atoms with E-state index in [0.29, 0.717) is 0 Å². The lowest BCUT2D eigenvalue weighted by Crippen LogP contribution is -2.15. The number of aromatic amines is 1. The summed E-state index contributed by atoms with van der Waals surface area (Å²) in [5.74, 6) is 0. The van der Waals surface area contributed by atoms with E-state index < -0.39 is 0 Å². The maximum Gasteiger partial charge on any atom is 0.272 e. The number of hydrogen-bond donors (Lipinski definition) is 1. The first-order valence-electron chi connectivity index (χ1n) is 4.79. The second-order valence-electron chi connectivity index (χ2n) is 3.45. The average Bonchev–Trinajstić information content (AvgIpc) is 2.49. The van der Waals surface area contributed by atoms with Crippen LogP contribution in [0.5, 0.6) is 0 Å². The van der Waals surface area contributed by atoms with Crippen LogP contribution in [0.2, 0.25) is 0 Å². The second kappa shape index (κ2) is 3.29. The lowest BCUT2D eigenvalue weighted by Gasteiger charge is -1.98. The van der Waals surface area contributed by atoms with Gasteiger partial charge >= 0.3 is 0 Å². The molecule has 0 aromatic carbocycles. The Labute approximate surface area is 81.6 Å². The van der Waals surface area contributed by atoms with Crippen molar-refractivity contribution in [1.82, 2.24) is 14.6 Å². The highest BCUT2D eigenvalue weighted by Gasteiger charge is 2.04. The highest BCUT2D eigenvalue weighted by Crippen LogP contribution is 2.05. The lowest BCUT2D eigenvalue weighted by molar-refractivity contribution is 0.839. The van der Waals surface area contributed by atoms with Gasteiger partial charge < -0.3 is 0 Å². The van der Waals surface area contributed by atoms with Crippen LogP contribution in [0.25, 0.3) is 5.65 Å². The SMILES string of the molecule is CCCc1cc(=O)n2[nH]cc(C)c2n1. The van der Waals surface area contributed by atoms with Crippen LogP contribution in [-0.2, 0) is 6.42 Å². The average molecular weight is 191 g/mol. The van der Waals surface area contributed by atoms with Gasteiger partial charge in [-0.1, -0.05) is 13.3 Å². The standard InChI is InChI=1S/C10H13N3O/c1-3-4-8-5-9(14)13-10(12-8)7(2)6-11-13/h5-6,11H,3-4H2,1-2H3. The number of fused-ring (bicyclic) bond motifs is 1. The van der Waals surface area contributed by atoms with Gasteiger partial charge in [-0.25, -0.2) is 9.50 Å². The third-order valence-electron chi connectivity index (χ3n) is 2.24. The van der Waals surface area contributed by atoms with Crippen LogP contribution in [0.4, 0.5) is 0 Å². The molecular weight excluding hydrogens is 178 g/mol. The molecule has 0 spiro atoms. The molecule has 2 aromatic rings. The monoisotopic (exact) mass is 191 g/mol. The summed E-state index contributed by atoms with van der Waals surface area (Å²) < 4.78 is 1.47. The number of H-pyrrole nitrogens is 1. The van der Waals surface area contributed by atoms with Gasteiger partial charge in [0.1, 0.15) is 0 Å². The zero-order chi connectivity index (χ0) is 10.1. The Bertz CT molecular complexity index is 510. The molecule has 0 bridgehead atoms.